The van der Waals surface area contributed by atoms with E-state index in [0.717, 1.165) is 28.9 Å². The molecule has 7 nitrogen and oxygen atoms in total. The lowest BCUT2D eigenvalue weighted by molar-refractivity contribution is -0.139. The van der Waals surface area contributed by atoms with Crippen molar-refractivity contribution in [1.29, 1.82) is 0 Å². The van der Waals surface area contributed by atoms with Crippen LogP contribution in [0.1, 0.15) is 24.0 Å². The quantitative estimate of drug-likeness (QED) is 0.699. The van der Waals surface area contributed by atoms with E-state index >= 15 is 0 Å². The Morgan fingerprint density at radius 2 is 1.94 bits per heavy atom. The van der Waals surface area contributed by atoms with Crippen molar-refractivity contribution >= 4 is 29.4 Å². The second-order valence-corrected chi connectivity index (χ2v) is 8.24. The van der Waals surface area contributed by atoms with E-state index in [9.17, 15) is 14.4 Å². The first-order chi connectivity index (χ1) is 14.9. The summed E-state index contributed by atoms with van der Waals surface area (Å²) in [6.07, 6.45) is 2.19. The number of hydrogen-bond donors (Lipinski definition) is 1. The first-order valence-electron chi connectivity index (χ1n) is 10.3. The van der Waals surface area contributed by atoms with Crippen LogP contribution < -0.4 is 10.1 Å². The van der Waals surface area contributed by atoms with Gasteiger partial charge in [0.2, 0.25) is 5.91 Å². The maximum absolute atomic E-state index is 13.3. The number of hydrogen-bond acceptors (Lipinski definition) is 4. The highest BCUT2D eigenvalue weighted by atomic mass is 35.5. The van der Waals surface area contributed by atoms with Crippen LogP contribution in [-0.2, 0) is 21.5 Å². The molecule has 8 heteroatoms. The minimum atomic E-state index is -1.07. The summed E-state index contributed by atoms with van der Waals surface area (Å²) in [6.45, 7) is 0.224. The van der Waals surface area contributed by atoms with Crippen molar-refractivity contribution in [2.45, 2.75) is 24.8 Å². The second kappa shape index (κ2) is 8.59. The Balaban J connectivity index is 1.39. The van der Waals surface area contributed by atoms with Crippen molar-refractivity contribution in [2.24, 2.45) is 0 Å². The summed E-state index contributed by atoms with van der Waals surface area (Å²) in [5, 5.41) is 3.36. The van der Waals surface area contributed by atoms with Crippen molar-refractivity contribution in [2.75, 3.05) is 26.7 Å². The van der Waals surface area contributed by atoms with Gasteiger partial charge in [-0.3, -0.25) is 14.5 Å². The number of fused-ring (bicyclic) bond motifs is 2. The molecule has 31 heavy (non-hydrogen) atoms. The van der Waals surface area contributed by atoms with Crippen LogP contribution in [0.3, 0.4) is 0 Å². The Morgan fingerprint density at radius 1 is 1.19 bits per heavy atom. The van der Waals surface area contributed by atoms with Gasteiger partial charge in [0.15, 0.2) is 0 Å². The molecule has 2 aromatic rings. The summed E-state index contributed by atoms with van der Waals surface area (Å²) in [5.74, 6) is -0.164. The smallest absolute Gasteiger partial charge is 0.325 e. The Bertz CT molecular complexity index is 1030. The van der Waals surface area contributed by atoms with E-state index in [-0.39, 0.29) is 25.0 Å². The highest BCUT2D eigenvalue weighted by Gasteiger charge is 2.54. The van der Waals surface area contributed by atoms with Crippen LogP contribution in [0.2, 0.25) is 5.02 Å². The highest BCUT2D eigenvalue weighted by Crippen LogP contribution is 2.39. The molecule has 1 atom stereocenters. The number of rotatable bonds is 6. The lowest BCUT2D eigenvalue weighted by atomic mass is 9.76. The van der Waals surface area contributed by atoms with E-state index in [4.69, 9.17) is 16.3 Å². The van der Waals surface area contributed by atoms with Gasteiger partial charge in [-0.2, -0.15) is 0 Å². The van der Waals surface area contributed by atoms with Gasteiger partial charge in [-0.15, -0.1) is 0 Å². The summed E-state index contributed by atoms with van der Waals surface area (Å²) < 4.78 is 5.61. The fraction of sp³-hybridized carbons (Fsp3) is 0.348. The van der Waals surface area contributed by atoms with Gasteiger partial charge in [0, 0.05) is 7.05 Å². The van der Waals surface area contributed by atoms with Crippen molar-refractivity contribution in [3.8, 4) is 5.75 Å². The van der Waals surface area contributed by atoms with Crippen LogP contribution in [0.15, 0.2) is 48.5 Å². The standard InChI is InChI=1S/C23H24ClN3O4/c1-26(13-14-31-19-11-5-4-10-18(19)24)20(28)15-27-21(29)23(25-22(27)30)12-6-8-16-7-2-3-9-17(16)23/h2-5,7,9-11H,6,8,12-15H2,1H3,(H,25,30). The van der Waals surface area contributed by atoms with Gasteiger partial charge >= 0.3 is 6.03 Å². The number of nitrogens with one attached hydrogen (secondary N) is 1. The molecule has 2 aliphatic rings. The molecule has 162 valence electrons. The molecule has 1 heterocycles. The average molecular weight is 442 g/mol. The summed E-state index contributed by atoms with van der Waals surface area (Å²) in [7, 11) is 1.61. The van der Waals surface area contributed by atoms with Crippen molar-refractivity contribution in [1.82, 2.24) is 15.1 Å². The zero-order chi connectivity index (χ0) is 22.0. The maximum Gasteiger partial charge on any atom is 0.325 e. The summed E-state index contributed by atoms with van der Waals surface area (Å²) in [6, 6.07) is 14.2. The zero-order valence-corrected chi connectivity index (χ0v) is 18.0. The molecule has 1 aliphatic carbocycles. The number of aryl methyl sites for hydroxylation is 1. The van der Waals surface area contributed by atoms with Gasteiger partial charge in [0.1, 0.15) is 24.4 Å². The fourth-order valence-electron chi connectivity index (χ4n) is 4.19. The number of halogens is 1. The predicted molar refractivity (Wildman–Crippen MR) is 116 cm³/mol. The van der Waals surface area contributed by atoms with E-state index in [1.807, 2.05) is 30.3 Å². The molecule has 1 aliphatic heterocycles. The number of likely N-dealkylation sites (N-methyl/N-ethyl adjacent to an activating group) is 1. The number of ether oxygens (including phenoxy) is 1. The third-order valence-corrected chi connectivity index (χ3v) is 6.20. The maximum atomic E-state index is 13.3. The average Bonchev–Trinajstić information content (AvgIpc) is 3.00. The largest absolute Gasteiger partial charge is 0.490 e. The van der Waals surface area contributed by atoms with Crippen LogP contribution >= 0.6 is 11.6 Å². The van der Waals surface area contributed by atoms with Gasteiger partial charge in [0.05, 0.1) is 11.6 Å². The SMILES string of the molecule is CN(CCOc1ccccc1Cl)C(=O)CN1C(=O)NC2(CCCc3ccccc32)C1=O. The molecular weight excluding hydrogens is 418 g/mol. The number of carbonyl (C=O) groups excluding carboxylic acids is 3. The van der Waals surface area contributed by atoms with Gasteiger partial charge in [-0.05, 0) is 42.5 Å². The number of para-hydroxylation sites is 1. The third kappa shape index (κ3) is 3.97. The summed E-state index contributed by atoms with van der Waals surface area (Å²) >= 11 is 6.06. The van der Waals surface area contributed by atoms with Gasteiger partial charge in [-0.25, -0.2) is 4.79 Å². The first kappa shape index (κ1) is 21.2. The van der Waals surface area contributed by atoms with Crippen molar-refractivity contribution in [3.05, 3.63) is 64.7 Å². The molecule has 4 amide bonds. The summed E-state index contributed by atoms with van der Waals surface area (Å²) in [4.78, 5) is 41.1. The topological polar surface area (TPSA) is 79.0 Å². The number of imide groups is 1. The lowest BCUT2D eigenvalue weighted by Crippen LogP contribution is -2.47. The fourth-order valence-corrected chi connectivity index (χ4v) is 4.38. The third-order valence-electron chi connectivity index (χ3n) is 5.89. The van der Waals surface area contributed by atoms with Crippen LogP contribution in [-0.4, -0.2) is 54.4 Å². The predicted octanol–water partition coefficient (Wildman–Crippen LogP) is 2.96. The second-order valence-electron chi connectivity index (χ2n) is 7.83. The Labute approximate surface area is 185 Å². The molecule has 0 aromatic heterocycles. The number of carbonyl (C=O) groups is 3. The normalized spacial score (nSPS) is 19.9. The van der Waals surface area contributed by atoms with E-state index in [0.29, 0.717) is 23.7 Å². The molecule has 1 saturated heterocycles. The molecule has 1 unspecified atom stereocenters. The van der Waals surface area contributed by atoms with E-state index < -0.39 is 11.6 Å². The molecule has 0 bridgehead atoms. The molecule has 0 radical (unpaired) electrons. The van der Waals surface area contributed by atoms with Crippen molar-refractivity contribution in [3.63, 3.8) is 0 Å². The zero-order valence-electron chi connectivity index (χ0n) is 17.3. The number of urea groups is 1. The van der Waals surface area contributed by atoms with Crippen LogP contribution in [0, 0.1) is 0 Å². The minimum Gasteiger partial charge on any atom is -0.490 e. The molecule has 0 saturated carbocycles. The molecule has 1 spiro atoms. The van der Waals surface area contributed by atoms with Crippen LogP contribution in [0.25, 0.3) is 0 Å². The molecule has 1 fully saturated rings. The number of benzene rings is 2. The van der Waals surface area contributed by atoms with E-state index in [2.05, 4.69) is 5.32 Å². The van der Waals surface area contributed by atoms with Gasteiger partial charge in [-0.1, -0.05) is 48.0 Å². The Hall–Kier alpha value is -3.06. The van der Waals surface area contributed by atoms with Gasteiger partial charge < -0.3 is 15.0 Å². The Kier molecular flexibility index (Phi) is 5.87. The van der Waals surface area contributed by atoms with Crippen LogP contribution in [0.4, 0.5) is 4.79 Å². The Morgan fingerprint density at radius 3 is 2.74 bits per heavy atom. The van der Waals surface area contributed by atoms with E-state index in [1.54, 1.807) is 25.2 Å². The van der Waals surface area contributed by atoms with E-state index in [1.165, 1.54) is 4.90 Å². The molecule has 4 rings (SSSR count). The first-order valence-corrected chi connectivity index (χ1v) is 10.6. The van der Waals surface area contributed by atoms with Crippen molar-refractivity contribution < 1.29 is 19.1 Å². The monoisotopic (exact) mass is 441 g/mol. The molecule has 1 N–H and O–H groups in total. The van der Waals surface area contributed by atoms with Crippen LogP contribution in [0.5, 0.6) is 5.75 Å². The lowest BCUT2D eigenvalue weighted by Gasteiger charge is -2.33. The highest BCUT2D eigenvalue weighted by molar-refractivity contribution is 6.32. The summed E-state index contributed by atoms with van der Waals surface area (Å²) in [5.41, 5.74) is 0.818. The molecule has 2 aromatic carbocycles. The number of amides is 4. The minimum absolute atomic E-state index is 0.240. The van der Waals surface area contributed by atoms with Gasteiger partial charge in [0.25, 0.3) is 5.91 Å². The number of nitrogens with zero attached hydrogens (tertiary/aromatic N) is 2. The molecular formula is C23H24ClN3O4.